The van der Waals surface area contributed by atoms with E-state index in [9.17, 15) is 9.59 Å². The van der Waals surface area contributed by atoms with Crippen molar-refractivity contribution in [1.29, 1.82) is 5.41 Å². The van der Waals surface area contributed by atoms with E-state index in [4.69, 9.17) is 5.41 Å². The molecule has 2 N–H and O–H groups in total. The van der Waals surface area contributed by atoms with Gasteiger partial charge in [0.25, 0.3) is 0 Å². The quantitative estimate of drug-likeness (QED) is 0.479. The molecule has 0 aromatic rings. The van der Waals surface area contributed by atoms with Gasteiger partial charge in [0.2, 0.25) is 5.91 Å². The van der Waals surface area contributed by atoms with Crippen molar-refractivity contribution in [3.05, 3.63) is 0 Å². The van der Waals surface area contributed by atoms with Gasteiger partial charge in [-0.2, -0.15) is 0 Å². The van der Waals surface area contributed by atoms with Crippen molar-refractivity contribution in [3.63, 3.8) is 0 Å². The zero-order valence-corrected chi connectivity index (χ0v) is 5.47. The van der Waals surface area contributed by atoms with Gasteiger partial charge in [-0.05, 0) is 0 Å². The molecule has 3 amide bonds. The number of imide groups is 1. The molecule has 1 rings (SSSR count). The third kappa shape index (κ3) is 0.975. The van der Waals surface area contributed by atoms with Crippen LogP contribution in [0, 0.1) is 5.41 Å². The first-order valence-electron chi connectivity index (χ1n) is 2.76. The van der Waals surface area contributed by atoms with Gasteiger partial charge < -0.3 is 0 Å². The predicted molar refractivity (Wildman–Crippen MR) is 33.6 cm³/mol. The van der Waals surface area contributed by atoms with Crippen molar-refractivity contribution < 1.29 is 9.59 Å². The van der Waals surface area contributed by atoms with Crippen LogP contribution in [-0.4, -0.2) is 29.7 Å². The van der Waals surface area contributed by atoms with Gasteiger partial charge in [0.15, 0.2) is 0 Å². The normalized spacial score (nSPS) is 19.3. The van der Waals surface area contributed by atoms with Crippen LogP contribution in [0.2, 0.25) is 0 Å². The molecule has 0 atom stereocenters. The van der Waals surface area contributed by atoms with Crippen LogP contribution < -0.4 is 5.32 Å². The molecule has 0 aromatic heterocycles. The maximum atomic E-state index is 10.7. The molecule has 1 aliphatic heterocycles. The van der Waals surface area contributed by atoms with E-state index in [0.717, 1.165) is 4.90 Å². The van der Waals surface area contributed by atoms with Crippen LogP contribution >= 0.6 is 0 Å². The van der Waals surface area contributed by atoms with Gasteiger partial charge >= 0.3 is 6.03 Å². The molecule has 1 heterocycles. The lowest BCUT2D eigenvalue weighted by Gasteiger charge is -2.22. The van der Waals surface area contributed by atoms with E-state index >= 15 is 0 Å². The second-order valence-corrected chi connectivity index (χ2v) is 2.04. The summed E-state index contributed by atoms with van der Waals surface area (Å²) in [4.78, 5) is 22.3. The molecule has 1 aliphatic rings. The summed E-state index contributed by atoms with van der Waals surface area (Å²) < 4.78 is 0. The number of hydrogen-bond acceptors (Lipinski definition) is 3. The van der Waals surface area contributed by atoms with Gasteiger partial charge in [-0.1, -0.05) is 0 Å². The van der Waals surface area contributed by atoms with E-state index in [-0.39, 0.29) is 12.3 Å². The lowest BCUT2D eigenvalue weighted by Crippen LogP contribution is -2.50. The maximum absolute atomic E-state index is 10.7. The lowest BCUT2D eigenvalue weighted by molar-refractivity contribution is -0.119. The minimum absolute atomic E-state index is 0.0117. The smallest absolute Gasteiger partial charge is 0.288 e. The number of nitrogens with one attached hydrogen (secondary N) is 2. The average Bonchev–Trinajstić information content (AvgIpc) is 1.82. The van der Waals surface area contributed by atoms with E-state index in [1.54, 1.807) is 0 Å². The summed E-state index contributed by atoms with van der Waals surface area (Å²) in [6, 6.07) is -0.527. The first-order chi connectivity index (χ1) is 4.61. The molecule has 10 heavy (non-hydrogen) atoms. The lowest BCUT2D eigenvalue weighted by atomic mass is 10.3. The zero-order chi connectivity index (χ0) is 7.72. The number of rotatable bonds is 0. The Bertz CT molecular complexity index is 191. The Morgan fingerprint density at radius 1 is 1.60 bits per heavy atom. The summed E-state index contributed by atoms with van der Waals surface area (Å²) >= 11 is 0. The highest BCUT2D eigenvalue weighted by molar-refractivity contribution is 6.14. The van der Waals surface area contributed by atoms with Gasteiger partial charge in [-0.25, -0.2) is 4.79 Å². The first kappa shape index (κ1) is 6.73. The fraction of sp³-hybridized carbons (Fsp3) is 0.400. The fourth-order valence-corrected chi connectivity index (χ4v) is 0.641. The second kappa shape index (κ2) is 2.09. The van der Waals surface area contributed by atoms with E-state index in [1.165, 1.54) is 7.05 Å². The van der Waals surface area contributed by atoms with Crippen LogP contribution in [0.4, 0.5) is 4.79 Å². The van der Waals surface area contributed by atoms with Gasteiger partial charge in [-0.3, -0.25) is 20.4 Å². The van der Waals surface area contributed by atoms with Crippen molar-refractivity contribution in [2.75, 3.05) is 7.05 Å². The largest absolute Gasteiger partial charge is 0.329 e. The number of hydrogen-bond donors (Lipinski definition) is 2. The molecule has 0 unspecified atom stereocenters. The van der Waals surface area contributed by atoms with Crippen molar-refractivity contribution >= 4 is 17.8 Å². The highest BCUT2D eigenvalue weighted by Crippen LogP contribution is 1.98. The SMILES string of the molecule is CN1C(=N)CC(=O)NC1=O. The van der Waals surface area contributed by atoms with Gasteiger partial charge in [-0.15, -0.1) is 0 Å². The molecule has 54 valence electrons. The number of amides is 3. The summed E-state index contributed by atoms with van der Waals surface area (Å²) in [6.45, 7) is 0. The Balaban J connectivity index is 2.76. The van der Waals surface area contributed by atoms with Crippen LogP contribution in [0.15, 0.2) is 0 Å². The summed E-state index contributed by atoms with van der Waals surface area (Å²) in [7, 11) is 1.45. The van der Waals surface area contributed by atoms with Crippen molar-refractivity contribution in [2.24, 2.45) is 0 Å². The summed E-state index contributed by atoms with van der Waals surface area (Å²) in [6.07, 6.45) is -0.0117. The van der Waals surface area contributed by atoms with E-state index < -0.39 is 11.9 Å². The van der Waals surface area contributed by atoms with Crippen LogP contribution in [0.1, 0.15) is 6.42 Å². The molecular weight excluding hydrogens is 134 g/mol. The Morgan fingerprint density at radius 3 is 2.70 bits per heavy atom. The molecule has 0 radical (unpaired) electrons. The van der Waals surface area contributed by atoms with E-state index in [2.05, 4.69) is 5.32 Å². The molecular formula is C5H7N3O2. The Hall–Kier alpha value is -1.39. The molecule has 0 bridgehead atoms. The topological polar surface area (TPSA) is 73.3 Å². The maximum Gasteiger partial charge on any atom is 0.329 e. The number of amidine groups is 1. The fourth-order valence-electron chi connectivity index (χ4n) is 0.641. The predicted octanol–water partition coefficient (Wildman–Crippen LogP) is -0.465. The van der Waals surface area contributed by atoms with Gasteiger partial charge in [0, 0.05) is 7.05 Å². The monoisotopic (exact) mass is 141 g/mol. The number of urea groups is 1. The Kier molecular flexibility index (Phi) is 1.41. The molecule has 0 aromatic carbocycles. The first-order valence-corrected chi connectivity index (χ1v) is 2.76. The highest BCUT2D eigenvalue weighted by Gasteiger charge is 2.23. The van der Waals surface area contributed by atoms with Crippen LogP contribution in [0.5, 0.6) is 0 Å². The second-order valence-electron chi connectivity index (χ2n) is 2.04. The van der Waals surface area contributed by atoms with Gasteiger partial charge in [0.05, 0.1) is 6.42 Å². The van der Waals surface area contributed by atoms with Crippen LogP contribution in [0.3, 0.4) is 0 Å². The molecule has 5 nitrogen and oxygen atoms in total. The van der Waals surface area contributed by atoms with Crippen molar-refractivity contribution in [3.8, 4) is 0 Å². The third-order valence-electron chi connectivity index (χ3n) is 1.28. The molecule has 1 saturated heterocycles. The van der Waals surface area contributed by atoms with E-state index in [0.29, 0.717) is 0 Å². The van der Waals surface area contributed by atoms with Crippen molar-refractivity contribution in [2.45, 2.75) is 6.42 Å². The minimum atomic E-state index is -0.527. The standard InChI is InChI=1S/C5H7N3O2/c1-8-3(6)2-4(9)7-5(8)10/h6H,2H2,1H3,(H,7,9,10). The summed E-state index contributed by atoms with van der Waals surface area (Å²) in [5.74, 6) is -0.373. The number of nitrogens with zero attached hydrogens (tertiary/aromatic N) is 1. The van der Waals surface area contributed by atoms with E-state index in [1.807, 2.05) is 0 Å². The summed E-state index contributed by atoms with van der Waals surface area (Å²) in [5.41, 5.74) is 0. The Morgan fingerprint density at radius 2 is 2.20 bits per heavy atom. The van der Waals surface area contributed by atoms with Crippen molar-refractivity contribution in [1.82, 2.24) is 10.2 Å². The molecule has 5 heteroatoms. The summed E-state index contributed by atoms with van der Waals surface area (Å²) in [5, 5.41) is 9.17. The highest BCUT2D eigenvalue weighted by atomic mass is 16.2. The number of carbonyl (C=O) groups excluding carboxylic acids is 2. The van der Waals surface area contributed by atoms with Crippen LogP contribution in [-0.2, 0) is 4.79 Å². The third-order valence-corrected chi connectivity index (χ3v) is 1.28. The minimum Gasteiger partial charge on any atom is -0.288 e. The van der Waals surface area contributed by atoms with Gasteiger partial charge in [0.1, 0.15) is 5.84 Å². The van der Waals surface area contributed by atoms with Crippen LogP contribution in [0.25, 0.3) is 0 Å². The molecule has 1 fully saturated rings. The Labute approximate surface area is 57.5 Å². The molecule has 0 saturated carbocycles. The average molecular weight is 141 g/mol. The number of carbonyl (C=O) groups is 2. The molecule has 0 spiro atoms. The zero-order valence-electron chi connectivity index (χ0n) is 5.47. The molecule has 0 aliphatic carbocycles.